The lowest BCUT2D eigenvalue weighted by Gasteiger charge is -2.28. The minimum atomic E-state index is 0.295. The Morgan fingerprint density at radius 3 is 2.58 bits per heavy atom. The van der Waals surface area contributed by atoms with Crippen LogP contribution in [0.2, 0.25) is 0 Å². The fraction of sp³-hybridized carbons (Fsp3) is 0.500. The quantitative estimate of drug-likeness (QED) is 0.824. The highest BCUT2D eigenvalue weighted by atomic mass is 16.5. The van der Waals surface area contributed by atoms with Crippen LogP contribution in [0.5, 0.6) is 0 Å². The molecule has 0 spiro atoms. The van der Waals surface area contributed by atoms with Gasteiger partial charge in [-0.1, -0.05) is 0 Å². The minimum Gasteiger partial charge on any atom is -0.376 e. The van der Waals surface area contributed by atoms with Crippen molar-refractivity contribution in [2.24, 2.45) is 0 Å². The fourth-order valence-electron chi connectivity index (χ4n) is 3.60. The SMILES string of the molecule is c1nc(NCC2CCCO2)cc(Nc2ccc(N3CCCCC3)cc2)n1. The number of piperidine rings is 1. The summed E-state index contributed by atoms with van der Waals surface area (Å²) in [4.78, 5) is 11.1. The highest BCUT2D eigenvalue weighted by Gasteiger charge is 2.15. The summed E-state index contributed by atoms with van der Waals surface area (Å²) in [7, 11) is 0. The molecular formula is C20H27N5O. The number of hydrogen-bond donors (Lipinski definition) is 2. The zero-order chi connectivity index (χ0) is 17.6. The third-order valence-corrected chi connectivity index (χ3v) is 5.06. The van der Waals surface area contributed by atoms with E-state index in [0.717, 1.165) is 43.3 Å². The first-order chi connectivity index (χ1) is 12.9. The molecule has 0 saturated carbocycles. The number of ether oxygens (including phenoxy) is 1. The average Bonchev–Trinajstić information content (AvgIpc) is 3.22. The van der Waals surface area contributed by atoms with Crippen molar-refractivity contribution in [1.82, 2.24) is 9.97 Å². The van der Waals surface area contributed by atoms with E-state index in [-0.39, 0.29) is 0 Å². The van der Waals surface area contributed by atoms with Crippen molar-refractivity contribution in [3.05, 3.63) is 36.7 Å². The van der Waals surface area contributed by atoms with Gasteiger partial charge in [-0.05, 0) is 56.4 Å². The average molecular weight is 353 g/mol. The van der Waals surface area contributed by atoms with Gasteiger partial charge >= 0.3 is 0 Å². The van der Waals surface area contributed by atoms with E-state index in [1.807, 2.05) is 6.07 Å². The lowest BCUT2D eigenvalue weighted by Crippen LogP contribution is -2.29. The molecule has 4 rings (SSSR count). The molecule has 2 aliphatic rings. The molecule has 1 aromatic heterocycles. The summed E-state index contributed by atoms with van der Waals surface area (Å²) >= 11 is 0. The molecule has 3 heterocycles. The van der Waals surface area contributed by atoms with Crippen LogP contribution in [-0.2, 0) is 4.74 Å². The Hall–Kier alpha value is -2.34. The molecule has 0 radical (unpaired) electrons. The van der Waals surface area contributed by atoms with Crippen LogP contribution in [0.25, 0.3) is 0 Å². The zero-order valence-electron chi connectivity index (χ0n) is 15.2. The number of aromatic nitrogens is 2. The molecule has 1 aromatic carbocycles. The lowest BCUT2D eigenvalue weighted by atomic mass is 10.1. The maximum Gasteiger partial charge on any atom is 0.135 e. The maximum absolute atomic E-state index is 5.64. The monoisotopic (exact) mass is 353 g/mol. The first-order valence-electron chi connectivity index (χ1n) is 9.66. The molecule has 0 aliphatic carbocycles. The smallest absolute Gasteiger partial charge is 0.135 e. The van der Waals surface area contributed by atoms with E-state index in [9.17, 15) is 0 Å². The predicted octanol–water partition coefficient (Wildman–Crippen LogP) is 3.80. The summed E-state index contributed by atoms with van der Waals surface area (Å²) in [5, 5.41) is 6.70. The predicted molar refractivity (Wildman–Crippen MR) is 105 cm³/mol. The second-order valence-corrected chi connectivity index (χ2v) is 7.02. The van der Waals surface area contributed by atoms with Crippen molar-refractivity contribution < 1.29 is 4.74 Å². The standard InChI is InChI=1S/C20H27N5O/c1-2-10-25(11-3-1)17-8-6-16(7-9-17)24-20-13-19(22-15-23-20)21-14-18-5-4-12-26-18/h6-9,13,15,18H,1-5,10-12,14H2,(H2,21,22,23,24). The summed E-state index contributed by atoms with van der Waals surface area (Å²) < 4.78 is 5.64. The Balaban J connectivity index is 1.35. The Morgan fingerprint density at radius 1 is 1.00 bits per heavy atom. The molecule has 2 N–H and O–H groups in total. The molecule has 2 saturated heterocycles. The fourth-order valence-corrected chi connectivity index (χ4v) is 3.60. The van der Waals surface area contributed by atoms with Crippen LogP contribution < -0.4 is 15.5 Å². The molecule has 6 heteroatoms. The summed E-state index contributed by atoms with van der Waals surface area (Å²) in [5.41, 5.74) is 2.34. The van der Waals surface area contributed by atoms with Crippen LogP contribution in [0.1, 0.15) is 32.1 Å². The van der Waals surface area contributed by atoms with E-state index in [1.165, 1.54) is 38.0 Å². The summed E-state index contributed by atoms with van der Waals surface area (Å²) in [5.74, 6) is 1.61. The van der Waals surface area contributed by atoms with E-state index in [4.69, 9.17) is 4.74 Å². The summed E-state index contributed by atoms with van der Waals surface area (Å²) in [6.07, 6.45) is 8.09. The van der Waals surface area contributed by atoms with Crippen LogP contribution in [0.15, 0.2) is 36.7 Å². The Labute approximate surface area is 155 Å². The summed E-state index contributed by atoms with van der Waals surface area (Å²) in [6, 6.07) is 10.5. The first kappa shape index (κ1) is 17.1. The summed E-state index contributed by atoms with van der Waals surface area (Å²) in [6.45, 7) is 3.99. The van der Waals surface area contributed by atoms with Gasteiger partial charge in [0.15, 0.2) is 0 Å². The van der Waals surface area contributed by atoms with Gasteiger partial charge in [0.25, 0.3) is 0 Å². The molecule has 2 aromatic rings. The van der Waals surface area contributed by atoms with Gasteiger partial charge < -0.3 is 20.3 Å². The highest BCUT2D eigenvalue weighted by molar-refractivity contribution is 5.62. The van der Waals surface area contributed by atoms with Crippen LogP contribution in [0.4, 0.5) is 23.0 Å². The van der Waals surface area contributed by atoms with Gasteiger partial charge in [0, 0.05) is 43.7 Å². The third kappa shape index (κ3) is 4.43. The van der Waals surface area contributed by atoms with Crippen LogP contribution in [-0.4, -0.2) is 42.3 Å². The van der Waals surface area contributed by atoms with Crippen molar-refractivity contribution in [3.8, 4) is 0 Å². The van der Waals surface area contributed by atoms with Gasteiger partial charge in [-0.2, -0.15) is 0 Å². The Kier molecular flexibility index (Phi) is 5.50. The molecule has 138 valence electrons. The normalized spacial score (nSPS) is 20.2. The molecule has 26 heavy (non-hydrogen) atoms. The number of benzene rings is 1. The molecule has 6 nitrogen and oxygen atoms in total. The van der Waals surface area contributed by atoms with E-state index in [1.54, 1.807) is 6.33 Å². The van der Waals surface area contributed by atoms with E-state index in [2.05, 4.69) is 49.8 Å². The number of rotatable bonds is 6. The van der Waals surface area contributed by atoms with Gasteiger partial charge in [-0.3, -0.25) is 0 Å². The minimum absolute atomic E-state index is 0.295. The number of anilines is 4. The van der Waals surface area contributed by atoms with Crippen molar-refractivity contribution in [2.45, 2.75) is 38.2 Å². The van der Waals surface area contributed by atoms with Crippen molar-refractivity contribution in [3.63, 3.8) is 0 Å². The van der Waals surface area contributed by atoms with Gasteiger partial charge in [0.05, 0.1) is 6.10 Å². The second kappa shape index (κ2) is 8.36. The zero-order valence-corrected chi connectivity index (χ0v) is 15.2. The number of nitrogens with zero attached hydrogens (tertiary/aromatic N) is 3. The highest BCUT2D eigenvalue weighted by Crippen LogP contribution is 2.23. The van der Waals surface area contributed by atoms with Gasteiger partial charge in [0.2, 0.25) is 0 Å². The molecule has 2 aliphatic heterocycles. The maximum atomic E-state index is 5.64. The van der Waals surface area contributed by atoms with Gasteiger partial charge in [-0.25, -0.2) is 9.97 Å². The number of hydrogen-bond acceptors (Lipinski definition) is 6. The Morgan fingerprint density at radius 2 is 1.81 bits per heavy atom. The van der Waals surface area contributed by atoms with Gasteiger partial charge in [-0.15, -0.1) is 0 Å². The van der Waals surface area contributed by atoms with Gasteiger partial charge in [0.1, 0.15) is 18.0 Å². The van der Waals surface area contributed by atoms with Crippen molar-refractivity contribution >= 4 is 23.0 Å². The molecular weight excluding hydrogens is 326 g/mol. The van der Waals surface area contributed by atoms with E-state index < -0.39 is 0 Å². The molecule has 0 amide bonds. The van der Waals surface area contributed by atoms with Crippen LogP contribution >= 0.6 is 0 Å². The van der Waals surface area contributed by atoms with Crippen molar-refractivity contribution in [2.75, 3.05) is 41.8 Å². The topological polar surface area (TPSA) is 62.3 Å². The van der Waals surface area contributed by atoms with E-state index in [0.29, 0.717) is 6.10 Å². The molecule has 1 atom stereocenters. The largest absolute Gasteiger partial charge is 0.376 e. The first-order valence-corrected chi connectivity index (χ1v) is 9.66. The third-order valence-electron chi connectivity index (χ3n) is 5.06. The Bertz CT molecular complexity index is 694. The van der Waals surface area contributed by atoms with Crippen LogP contribution in [0.3, 0.4) is 0 Å². The molecule has 0 bridgehead atoms. The van der Waals surface area contributed by atoms with Crippen molar-refractivity contribution in [1.29, 1.82) is 0 Å². The lowest BCUT2D eigenvalue weighted by molar-refractivity contribution is 0.120. The molecule has 1 unspecified atom stereocenters. The number of nitrogens with one attached hydrogen (secondary N) is 2. The van der Waals surface area contributed by atoms with Crippen LogP contribution in [0, 0.1) is 0 Å². The molecule has 2 fully saturated rings. The van der Waals surface area contributed by atoms with E-state index >= 15 is 0 Å². The second-order valence-electron chi connectivity index (χ2n) is 7.02.